The fourth-order valence-corrected chi connectivity index (χ4v) is 3.13. The summed E-state index contributed by atoms with van der Waals surface area (Å²) < 4.78 is 0. The van der Waals surface area contributed by atoms with Gasteiger partial charge in [0.15, 0.2) is 0 Å². The van der Waals surface area contributed by atoms with Crippen molar-refractivity contribution in [2.75, 3.05) is 13.1 Å². The van der Waals surface area contributed by atoms with E-state index in [1.54, 1.807) is 11.3 Å². The van der Waals surface area contributed by atoms with Crippen LogP contribution in [0.3, 0.4) is 0 Å². The van der Waals surface area contributed by atoms with Crippen LogP contribution in [0.15, 0.2) is 11.6 Å². The highest BCUT2D eigenvalue weighted by Crippen LogP contribution is 2.25. The van der Waals surface area contributed by atoms with Gasteiger partial charge in [-0.1, -0.05) is 13.8 Å². The van der Waals surface area contributed by atoms with Crippen molar-refractivity contribution in [1.29, 1.82) is 0 Å². The molecule has 1 aliphatic heterocycles. The van der Waals surface area contributed by atoms with Crippen LogP contribution in [-0.2, 0) is 4.79 Å². The lowest BCUT2D eigenvalue weighted by molar-refractivity contribution is -0.127. The molecule has 0 saturated carbocycles. The lowest BCUT2D eigenvalue weighted by Crippen LogP contribution is -2.47. The summed E-state index contributed by atoms with van der Waals surface area (Å²) in [7, 11) is 0. The van der Waals surface area contributed by atoms with Crippen LogP contribution in [0.4, 0.5) is 0 Å². The molecule has 2 heterocycles. The SMILES string of the molecule is CC(CN1CCC(=O)C(C)C1C)c1nccs1. The van der Waals surface area contributed by atoms with Gasteiger partial charge in [0.25, 0.3) is 0 Å². The number of carbonyl (C=O) groups is 1. The molecule has 0 bridgehead atoms. The molecule has 0 spiro atoms. The first-order valence-electron chi connectivity index (χ1n) is 6.25. The standard InChI is InChI=1S/C13H20N2OS/c1-9(13-14-5-7-17-13)8-15-6-4-12(16)10(2)11(15)3/h5,7,9-11H,4,6,8H2,1-3H3. The van der Waals surface area contributed by atoms with E-state index in [-0.39, 0.29) is 5.92 Å². The molecule has 0 amide bonds. The minimum atomic E-state index is 0.173. The summed E-state index contributed by atoms with van der Waals surface area (Å²) in [5.74, 6) is 1.04. The topological polar surface area (TPSA) is 33.2 Å². The van der Waals surface area contributed by atoms with E-state index in [0.29, 0.717) is 24.2 Å². The summed E-state index contributed by atoms with van der Waals surface area (Å²) in [6.07, 6.45) is 2.57. The van der Waals surface area contributed by atoms with Gasteiger partial charge in [-0.25, -0.2) is 4.98 Å². The van der Waals surface area contributed by atoms with Crippen molar-refractivity contribution in [3.8, 4) is 0 Å². The molecule has 0 aromatic carbocycles. The zero-order chi connectivity index (χ0) is 12.4. The third-order valence-electron chi connectivity index (χ3n) is 3.83. The summed E-state index contributed by atoms with van der Waals surface area (Å²) in [6, 6.07) is 0.360. The average Bonchev–Trinajstić information content (AvgIpc) is 2.83. The molecular weight excluding hydrogens is 232 g/mol. The molecule has 17 heavy (non-hydrogen) atoms. The number of thiazole rings is 1. The minimum Gasteiger partial charge on any atom is -0.299 e. The van der Waals surface area contributed by atoms with Gasteiger partial charge in [-0.15, -0.1) is 11.3 Å². The summed E-state index contributed by atoms with van der Waals surface area (Å²) in [5, 5.41) is 3.22. The second-order valence-corrected chi connectivity index (χ2v) is 5.94. The fraction of sp³-hybridized carbons (Fsp3) is 0.692. The van der Waals surface area contributed by atoms with Crippen molar-refractivity contribution in [1.82, 2.24) is 9.88 Å². The number of piperidine rings is 1. The lowest BCUT2D eigenvalue weighted by atomic mass is 9.90. The molecule has 1 aliphatic rings. The van der Waals surface area contributed by atoms with E-state index in [2.05, 4.69) is 23.7 Å². The van der Waals surface area contributed by atoms with E-state index in [0.717, 1.165) is 13.1 Å². The van der Waals surface area contributed by atoms with Gasteiger partial charge in [-0.3, -0.25) is 9.69 Å². The van der Waals surface area contributed by atoms with Crippen LogP contribution in [0.1, 0.15) is 38.1 Å². The van der Waals surface area contributed by atoms with Gasteiger partial charge in [0.1, 0.15) is 5.78 Å². The van der Waals surface area contributed by atoms with E-state index in [1.165, 1.54) is 5.01 Å². The fourth-order valence-electron chi connectivity index (χ4n) is 2.44. The van der Waals surface area contributed by atoms with Gasteiger partial charge in [0.2, 0.25) is 0 Å². The van der Waals surface area contributed by atoms with Crippen molar-refractivity contribution in [3.05, 3.63) is 16.6 Å². The Labute approximate surface area is 107 Å². The predicted octanol–water partition coefficient (Wildman–Crippen LogP) is 2.55. The van der Waals surface area contributed by atoms with Gasteiger partial charge >= 0.3 is 0 Å². The summed E-state index contributed by atoms with van der Waals surface area (Å²) in [5.41, 5.74) is 0. The molecule has 1 aromatic rings. The molecule has 2 rings (SSSR count). The van der Waals surface area contributed by atoms with Gasteiger partial charge < -0.3 is 0 Å². The van der Waals surface area contributed by atoms with Crippen LogP contribution in [0.25, 0.3) is 0 Å². The number of hydrogen-bond donors (Lipinski definition) is 0. The summed E-state index contributed by atoms with van der Waals surface area (Å²) >= 11 is 1.72. The van der Waals surface area contributed by atoms with Crippen molar-refractivity contribution < 1.29 is 4.79 Å². The Morgan fingerprint density at radius 1 is 1.59 bits per heavy atom. The minimum absolute atomic E-state index is 0.173. The lowest BCUT2D eigenvalue weighted by Gasteiger charge is -2.38. The van der Waals surface area contributed by atoms with Crippen LogP contribution in [0, 0.1) is 5.92 Å². The van der Waals surface area contributed by atoms with Gasteiger partial charge in [0, 0.05) is 49.0 Å². The van der Waals surface area contributed by atoms with E-state index in [1.807, 2.05) is 18.5 Å². The smallest absolute Gasteiger partial charge is 0.138 e. The average molecular weight is 252 g/mol. The second kappa shape index (κ2) is 5.27. The maximum absolute atomic E-state index is 11.6. The van der Waals surface area contributed by atoms with E-state index in [4.69, 9.17) is 0 Å². The molecule has 94 valence electrons. The summed E-state index contributed by atoms with van der Waals surface area (Å²) in [4.78, 5) is 18.4. The van der Waals surface area contributed by atoms with Crippen LogP contribution in [0.5, 0.6) is 0 Å². The van der Waals surface area contributed by atoms with Crippen molar-refractivity contribution in [2.24, 2.45) is 5.92 Å². The first kappa shape index (κ1) is 12.7. The van der Waals surface area contributed by atoms with Crippen LogP contribution in [-0.4, -0.2) is 34.8 Å². The van der Waals surface area contributed by atoms with Gasteiger partial charge in [0.05, 0.1) is 5.01 Å². The van der Waals surface area contributed by atoms with Crippen LogP contribution in [0.2, 0.25) is 0 Å². The molecule has 3 atom stereocenters. The largest absolute Gasteiger partial charge is 0.299 e. The maximum Gasteiger partial charge on any atom is 0.138 e. The van der Waals surface area contributed by atoms with Crippen LogP contribution < -0.4 is 0 Å². The monoisotopic (exact) mass is 252 g/mol. The normalized spacial score (nSPS) is 28.3. The highest BCUT2D eigenvalue weighted by Gasteiger charge is 2.31. The number of Topliss-reactive ketones (excluding diaryl/α,β-unsaturated/α-hetero) is 1. The van der Waals surface area contributed by atoms with Gasteiger partial charge in [-0.2, -0.15) is 0 Å². The first-order valence-corrected chi connectivity index (χ1v) is 7.13. The molecule has 3 unspecified atom stereocenters. The molecule has 0 N–H and O–H groups in total. The number of nitrogens with zero attached hydrogens (tertiary/aromatic N) is 2. The van der Waals surface area contributed by atoms with Crippen LogP contribution >= 0.6 is 11.3 Å². The van der Waals surface area contributed by atoms with E-state index >= 15 is 0 Å². The number of aromatic nitrogens is 1. The highest BCUT2D eigenvalue weighted by atomic mass is 32.1. The number of hydrogen-bond acceptors (Lipinski definition) is 4. The predicted molar refractivity (Wildman–Crippen MR) is 70.4 cm³/mol. The van der Waals surface area contributed by atoms with Crippen molar-refractivity contribution >= 4 is 17.1 Å². The van der Waals surface area contributed by atoms with Crippen molar-refractivity contribution in [2.45, 2.75) is 39.2 Å². The summed E-state index contributed by atoms with van der Waals surface area (Å²) in [6.45, 7) is 8.34. The molecule has 0 aliphatic carbocycles. The number of carbonyl (C=O) groups excluding carboxylic acids is 1. The van der Waals surface area contributed by atoms with Gasteiger partial charge in [-0.05, 0) is 6.92 Å². The molecule has 1 fully saturated rings. The molecule has 0 radical (unpaired) electrons. The first-order chi connectivity index (χ1) is 8.09. The zero-order valence-electron chi connectivity index (χ0n) is 10.7. The Morgan fingerprint density at radius 2 is 2.35 bits per heavy atom. The molecular formula is C13H20N2OS. The maximum atomic E-state index is 11.6. The third-order valence-corrected chi connectivity index (χ3v) is 4.84. The van der Waals surface area contributed by atoms with E-state index < -0.39 is 0 Å². The zero-order valence-corrected chi connectivity index (χ0v) is 11.5. The van der Waals surface area contributed by atoms with E-state index in [9.17, 15) is 4.79 Å². The quantitative estimate of drug-likeness (QED) is 0.829. The second-order valence-electron chi connectivity index (χ2n) is 5.01. The Balaban J connectivity index is 1.97. The third kappa shape index (κ3) is 2.75. The molecule has 4 heteroatoms. The Hall–Kier alpha value is -0.740. The molecule has 3 nitrogen and oxygen atoms in total. The molecule has 1 aromatic heterocycles. The number of ketones is 1. The number of likely N-dealkylation sites (tertiary alicyclic amines) is 1. The Kier molecular flexibility index (Phi) is 3.94. The Morgan fingerprint density at radius 3 is 3.00 bits per heavy atom. The highest BCUT2D eigenvalue weighted by molar-refractivity contribution is 7.09. The van der Waals surface area contributed by atoms with Crippen molar-refractivity contribution in [3.63, 3.8) is 0 Å². The number of rotatable bonds is 3. The Bertz CT molecular complexity index is 377. The molecule has 1 saturated heterocycles.